The van der Waals surface area contributed by atoms with Gasteiger partial charge < -0.3 is 15.4 Å². The minimum atomic E-state index is -3.57. The summed E-state index contributed by atoms with van der Waals surface area (Å²) in [7, 11) is -1.77. The van der Waals surface area contributed by atoms with Gasteiger partial charge in [-0.1, -0.05) is 6.07 Å². The van der Waals surface area contributed by atoms with Crippen LogP contribution in [0.4, 0.5) is 5.69 Å². The molecule has 122 valence electrons. The van der Waals surface area contributed by atoms with Crippen LogP contribution in [0, 0.1) is 6.92 Å². The molecule has 0 saturated carbocycles. The molecule has 1 heterocycles. The maximum Gasteiger partial charge on any atom is 0.279 e. The number of morpholine rings is 1. The van der Waals surface area contributed by atoms with Gasteiger partial charge in [0.1, 0.15) is 0 Å². The zero-order valence-electron chi connectivity index (χ0n) is 12.8. The largest absolute Gasteiger partial charge is 0.379 e. The van der Waals surface area contributed by atoms with Gasteiger partial charge in [0, 0.05) is 18.8 Å². The van der Waals surface area contributed by atoms with E-state index in [0.29, 0.717) is 44.1 Å². The SMILES string of the molecule is C[NH2+]CC(=O)Nc1ccc(C)c(S(=O)(=O)N2CCOCC2)c1. The number of benzene rings is 1. The second kappa shape index (κ2) is 7.19. The highest BCUT2D eigenvalue weighted by Crippen LogP contribution is 2.24. The number of aryl methyl sites for hydroxylation is 1. The molecule has 0 radical (unpaired) electrons. The first-order valence-electron chi connectivity index (χ1n) is 7.21. The zero-order chi connectivity index (χ0) is 16.2. The topological polar surface area (TPSA) is 92.3 Å². The van der Waals surface area contributed by atoms with Crippen LogP contribution in [0.5, 0.6) is 0 Å². The molecule has 1 amide bonds. The quantitative estimate of drug-likeness (QED) is 0.736. The minimum Gasteiger partial charge on any atom is -0.379 e. The summed E-state index contributed by atoms with van der Waals surface area (Å²) in [6.45, 7) is 3.55. The Morgan fingerprint density at radius 2 is 2.05 bits per heavy atom. The van der Waals surface area contributed by atoms with Crippen molar-refractivity contribution in [3.63, 3.8) is 0 Å². The normalized spacial score (nSPS) is 16.5. The molecule has 0 atom stereocenters. The number of nitrogens with one attached hydrogen (secondary N) is 1. The molecular weight excluding hydrogens is 306 g/mol. The molecule has 1 saturated heterocycles. The highest BCUT2D eigenvalue weighted by Gasteiger charge is 2.28. The van der Waals surface area contributed by atoms with E-state index in [0.717, 1.165) is 0 Å². The van der Waals surface area contributed by atoms with E-state index in [9.17, 15) is 13.2 Å². The molecule has 2 rings (SSSR count). The molecule has 1 aliphatic rings. The molecule has 1 aromatic carbocycles. The molecule has 1 fully saturated rings. The van der Waals surface area contributed by atoms with E-state index in [4.69, 9.17) is 4.74 Å². The van der Waals surface area contributed by atoms with E-state index < -0.39 is 10.0 Å². The first kappa shape index (κ1) is 16.9. The highest BCUT2D eigenvalue weighted by atomic mass is 32.2. The van der Waals surface area contributed by atoms with Gasteiger partial charge in [-0.15, -0.1) is 0 Å². The lowest BCUT2D eigenvalue weighted by Crippen LogP contribution is -2.82. The maximum atomic E-state index is 12.7. The number of anilines is 1. The van der Waals surface area contributed by atoms with Gasteiger partial charge >= 0.3 is 0 Å². The Kier molecular flexibility index (Phi) is 5.52. The molecular formula is C14H22N3O4S+. The van der Waals surface area contributed by atoms with E-state index in [1.165, 1.54) is 10.4 Å². The molecule has 0 aromatic heterocycles. The van der Waals surface area contributed by atoms with Crippen LogP contribution in [0.2, 0.25) is 0 Å². The molecule has 0 unspecified atom stereocenters. The third-order valence-corrected chi connectivity index (χ3v) is 5.49. The Bertz CT molecular complexity index is 639. The number of carbonyl (C=O) groups excluding carboxylic acids is 1. The van der Waals surface area contributed by atoms with Crippen molar-refractivity contribution in [2.45, 2.75) is 11.8 Å². The third kappa shape index (κ3) is 3.83. The summed E-state index contributed by atoms with van der Waals surface area (Å²) in [5.74, 6) is -0.166. The van der Waals surface area contributed by atoms with Crippen LogP contribution in [-0.2, 0) is 19.6 Å². The van der Waals surface area contributed by atoms with Gasteiger partial charge in [-0.2, -0.15) is 4.31 Å². The molecule has 0 bridgehead atoms. The lowest BCUT2D eigenvalue weighted by Gasteiger charge is -2.26. The molecule has 0 spiro atoms. The molecule has 3 N–H and O–H groups in total. The molecule has 8 heteroatoms. The van der Waals surface area contributed by atoms with E-state index in [-0.39, 0.29) is 10.8 Å². The van der Waals surface area contributed by atoms with Crippen LogP contribution in [-0.4, -0.2) is 58.5 Å². The van der Waals surface area contributed by atoms with E-state index in [1.807, 2.05) is 0 Å². The summed E-state index contributed by atoms with van der Waals surface area (Å²) in [5, 5.41) is 4.45. The predicted molar refractivity (Wildman–Crippen MR) is 82.1 cm³/mol. The summed E-state index contributed by atoms with van der Waals surface area (Å²) >= 11 is 0. The van der Waals surface area contributed by atoms with Gasteiger partial charge in [0.2, 0.25) is 10.0 Å². The van der Waals surface area contributed by atoms with Crippen molar-refractivity contribution < 1.29 is 23.3 Å². The van der Waals surface area contributed by atoms with Crippen molar-refractivity contribution in [1.82, 2.24) is 4.31 Å². The Morgan fingerprint density at radius 3 is 2.68 bits per heavy atom. The average molecular weight is 328 g/mol. The fourth-order valence-electron chi connectivity index (χ4n) is 2.28. The number of amides is 1. The summed E-state index contributed by atoms with van der Waals surface area (Å²) < 4.78 is 32.1. The number of hydrogen-bond donors (Lipinski definition) is 2. The summed E-state index contributed by atoms with van der Waals surface area (Å²) in [6.07, 6.45) is 0. The molecule has 1 aliphatic heterocycles. The number of nitrogens with two attached hydrogens (primary N) is 1. The number of hydrogen-bond acceptors (Lipinski definition) is 4. The lowest BCUT2D eigenvalue weighted by molar-refractivity contribution is -0.615. The minimum absolute atomic E-state index is 0.166. The smallest absolute Gasteiger partial charge is 0.279 e. The fraction of sp³-hybridized carbons (Fsp3) is 0.500. The monoisotopic (exact) mass is 328 g/mol. The van der Waals surface area contributed by atoms with Gasteiger partial charge in [-0.25, -0.2) is 8.42 Å². The van der Waals surface area contributed by atoms with Crippen LogP contribution in [0.1, 0.15) is 5.56 Å². The number of sulfonamides is 1. The third-order valence-electron chi connectivity index (χ3n) is 3.45. The van der Waals surface area contributed by atoms with Gasteiger partial charge in [0.15, 0.2) is 6.54 Å². The standard InChI is InChI=1S/C14H21N3O4S/c1-11-3-4-12(16-14(18)10-15-2)9-13(11)22(19,20)17-5-7-21-8-6-17/h3-4,9,15H,5-8,10H2,1-2H3,(H,16,18)/p+1. The van der Waals surface area contributed by atoms with Crippen molar-refractivity contribution in [3.05, 3.63) is 23.8 Å². The lowest BCUT2D eigenvalue weighted by atomic mass is 10.2. The van der Waals surface area contributed by atoms with Crippen molar-refractivity contribution in [3.8, 4) is 0 Å². The number of quaternary nitrogens is 1. The van der Waals surface area contributed by atoms with Crippen molar-refractivity contribution in [2.24, 2.45) is 0 Å². The van der Waals surface area contributed by atoms with Crippen LogP contribution in [0.3, 0.4) is 0 Å². The Balaban J connectivity index is 2.27. The van der Waals surface area contributed by atoms with E-state index >= 15 is 0 Å². The predicted octanol–water partition coefficient (Wildman–Crippen LogP) is -0.852. The van der Waals surface area contributed by atoms with Crippen LogP contribution in [0.15, 0.2) is 23.1 Å². The number of rotatable bonds is 5. The second-order valence-electron chi connectivity index (χ2n) is 5.16. The summed E-state index contributed by atoms with van der Waals surface area (Å²) in [4.78, 5) is 11.9. The first-order valence-corrected chi connectivity index (χ1v) is 8.65. The molecule has 1 aromatic rings. The van der Waals surface area contributed by atoms with Gasteiger partial charge in [0.05, 0.1) is 25.2 Å². The summed E-state index contributed by atoms with van der Waals surface area (Å²) in [5.41, 5.74) is 1.15. The van der Waals surface area contributed by atoms with Crippen molar-refractivity contribution in [1.29, 1.82) is 0 Å². The van der Waals surface area contributed by atoms with Crippen LogP contribution in [0.25, 0.3) is 0 Å². The van der Waals surface area contributed by atoms with Crippen LogP contribution < -0.4 is 10.6 Å². The average Bonchev–Trinajstić information content (AvgIpc) is 2.50. The van der Waals surface area contributed by atoms with Gasteiger partial charge in [0.25, 0.3) is 5.91 Å². The maximum absolute atomic E-state index is 12.7. The number of carbonyl (C=O) groups is 1. The molecule has 7 nitrogen and oxygen atoms in total. The van der Waals surface area contributed by atoms with E-state index in [1.54, 1.807) is 31.4 Å². The summed E-state index contributed by atoms with van der Waals surface area (Å²) in [6, 6.07) is 4.94. The number of nitrogens with zero attached hydrogens (tertiary/aromatic N) is 1. The second-order valence-corrected chi connectivity index (χ2v) is 7.06. The fourth-order valence-corrected chi connectivity index (χ4v) is 3.94. The Hall–Kier alpha value is -1.48. The Labute approximate surface area is 130 Å². The molecule has 22 heavy (non-hydrogen) atoms. The molecule has 0 aliphatic carbocycles. The zero-order valence-corrected chi connectivity index (χ0v) is 13.6. The number of likely N-dealkylation sites (N-methyl/N-ethyl adjacent to an activating group) is 1. The number of ether oxygens (including phenoxy) is 1. The van der Waals surface area contributed by atoms with Crippen molar-refractivity contribution in [2.75, 3.05) is 45.2 Å². The van der Waals surface area contributed by atoms with Crippen molar-refractivity contribution >= 4 is 21.6 Å². The highest BCUT2D eigenvalue weighted by molar-refractivity contribution is 7.89. The Morgan fingerprint density at radius 1 is 1.36 bits per heavy atom. The van der Waals surface area contributed by atoms with Gasteiger partial charge in [-0.05, 0) is 24.6 Å². The van der Waals surface area contributed by atoms with Crippen LogP contribution >= 0.6 is 0 Å². The van der Waals surface area contributed by atoms with E-state index in [2.05, 4.69) is 5.32 Å². The first-order chi connectivity index (χ1) is 10.4. The van der Waals surface area contributed by atoms with Gasteiger partial charge in [-0.3, -0.25) is 4.79 Å².